The van der Waals surface area contributed by atoms with Crippen molar-refractivity contribution >= 4 is 25.2 Å². The number of amides is 1. The molecule has 0 saturated heterocycles. The van der Waals surface area contributed by atoms with Crippen LogP contribution in [-0.2, 0) is 24.4 Å². The third-order valence-corrected chi connectivity index (χ3v) is 5.70. The molecule has 0 bridgehead atoms. The van der Waals surface area contributed by atoms with E-state index in [-0.39, 0.29) is 0 Å². The second kappa shape index (κ2) is 8.46. The van der Waals surface area contributed by atoms with Gasteiger partial charge in [0.15, 0.2) is 0 Å². The van der Waals surface area contributed by atoms with Crippen molar-refractivity contribution in [2.24, 2.45) is 5.73 Å². The Kier molecular flexibility index (Phi) is 6.57. The summed E-state index contributed by atoms with van der Waals surface area (Å²) in [6.07, 6.45) is -0.424. The normalized spacial score (nSPS) is 11.8. The van der Waals surface area contributed by atoms with Crippen molar-refractivity contribution in [2.45, 2.75) is 45.4 Å². The van der Waals surface area contributed by atoms with Gasteiger partial charge in [0.05, 0.1) is 17.6 Å². The van der Waals surface area contributed by atoms with Crippen LogP contribution in [0.4, 0.5) is 4.79 Å². The molecule has 2 rings (SSSR count). The van der Waals surface area contributed by atoms with Crippen LogP contribution >= 0.6 is 0 Å². The van der Waals surface area contributed by atoms with E-state index < -0.39 is 14.2 Å². The second-order valence-electron chi connectivity index (χ2n) is 7.27. The third kappa shape index (κ3) is 5.55. The number of hydrogen-bond donors (Lipinski definition) is 3. The highest BCUT2D eigenvalue weighted by atomic mass is 28.3. The van der Waals surface area contributed by atoms with E-state index >= 15 is 0 Å². The SMILES string of the molecule is C[Si](C)(C)CCOCn1c(CN)nc2cccc(CCNC(=O)O)c21. The van der Waals surface area contributed by atoms with Crippen LogP contribution in [0.3, 0.4) is 0 Å². The number of carbonyl (C=O) groups is 1. The number of benzene rings is 1. The number of fused-ring (bicyclic) bond motifs is 1. The molecule has 1 aromatic heterocycles. The van der Waals surface area contributed by atoms with Gasteiger partial charge in [-0.15, -0.1) is 0 Å². The Morgan fingerprint density at radius 1 is 1.40 bits per heavy atom. The largest absolute Gasteiger partial charge is 0.465 e. The minimum atomic E-state index is -1.13. The molecule has 1 heterocycles. The van der Waals surface area contributed by atoms with E-state index in [1.165, 1.54) is 0 Å². The average molecular weight is 365 g/mol. The first kappa shape index (κ1) is 19.4. The van der Waals surface area contributed by atoms with Gasteiger partial charge in [0.1, 0.15) is 12.6 Å². The summed E-state index contributed by atoms with van der Waals surface area (Å²) < 4.78 is 7.90. The van der Waals surface area contributed by atoms with Crippen LogP contribution in [0.15, 0.2) is 18.2 Å². The van der Waals surface area contributed by atoms with Crippen molar-refractivity contribution in [1.29, 1.82) is 0 Å². The van der Waals surface area contributed by atoms with Crippen molar-refractivity contribution in [3.8, 4) is 0 Å². The zero-order valence-corrected chi connectivity index (χ0v) is 16.2. The number of hydrogen-bond acceptors (Lipinski definition) is 4. The maximum absolute atomic E-state index is 10.7. The van der Waals surface area contributed by atoms with Gasteiger partial charge in [-0.2, -0.15) is 0 Å². The molecule has 0 aliphatic heterocycles. The molecule has 0 radical (unpaired) electrons. The first-order valence-corrected chi connectivity index (χ1v) is 12.2. The summed E-state index contributed by atoms with van der Waals surface area (Å²) in [5.74, 6) is 0.779. The highest BCUT2D eigenvalue weighted by Crippen LogP contribution is 2.21. The summed E-state index contributed by atoms with van der Waals surface area (Å²) in [6.45, 7) is 8.79. The minimum absolute atomic E-state index is 0.332. The van der Waals surface area contributed by atoms with Crippen molar-refractivity contribution < 1.29 is 14.6 Å². The zero-order chi connectivity index (χ0) is 18.4. The molecular formula is C17H28N4O3Si. The quantitative estimate of drug-likeness (QED) is 0.469. The van der Waals surface area contributed by atoms with Crippen molar-refractivity contribution in [1.82, 2.24) is 14.9 Å². The number of nitrogens with two attached hydrogens (primary N) is 1. The summed E-state index contributed by atoms with van der Waals surface area (Å²) in [4.78, 5) is 15.3. The Balaban J connectivity index is 2.19. The van der Waals surface area contributed by atoms with Crippen LogP contribution in [0, 0.1) is 0 Å². The van der Waals surface area contributed by atoms with Gasteiger partial charge in [0.25, 0.3) is 0 Å². The molecule has 4 N–H and O–H groups in total. The van der Waals surface area contributed by atoms with Crippen LogP contribution < -0.4 is 11.1 Å². The fraction of sp³-hybridized carbons (Fsp3) is 0.529. The number of imidazole rings is 1. The Morgan fingerprint density at radius 2 is 2.16 bits per heavy atom. The number of nitrogens with one attached hydrogen (secondary N) is 1. The molecule has 25 heavy (non-hydrogen) atoms. The number of carboxylic acid groups (broad SMARTS) is 1. The third-order valence-electron chi connectivity index (χ3n) is 4.00. The van der Waals surface area contributed by atoms with E-state index in [2.05, 4.69) is 29.9 Å². The van der Waals surface area contributed by atoms with Gasteiger partial charge in [-0.05, 0) is 24.1 Å². The number of nitrogens with zero attached hydrogens (tertiary/aromatic N) is 2. The average Bonchev–Trinajstić information content (AvgIpc) is 2.89. The Labute approximate surface area is 149 Å². The highest BCUT2D eigenvalue weighted by molar-refractivity contribution is 6.76. The van der Waals surface area contributed by atoms with Crippen LogP contribution in [0.25, 0.3) is 11.0 Å². The molecule has 0 unspecified atom stereocenters. The van der Waals surface area contributed by atoms with Crippen molar-refractivity contribution in [2.75, 3.05) is 13.2 Å². The Morgan fingerprint density at radius 3 is 2.80 bits per heavy atom. The lowest BCUT2D eigenvalue weighted by molar-refractivity contribution is 0.0878. The molecule has 0 spiro atoms. The summed E-state index contributed by atoms with van der Waals surface area (Å²) in [5, 5.41) is 11.2. The van der Waals surface area contributed by atoms with E-state index in [4.69, 9.17) is 15.6 Å². The predicted molar refractivity (Wildman–Crippen MR) is 101 cm³/mol. The van der Waals surface area contributed by atoms with Crippen LogP contribution in [-0.4, -0.2) is 42.0 Å². The second-order valence-corrected chi connectivity index (χ2v) is 12.9. The Bertz CT molecular complexity index is 724. The molecule has 0 aliphatic rings. The molecular weight excluding hydrogens is 336 g/mol. The highest BCUT2D eigenvalue weighted by Gasteiger charge is 2.15. The summed E-state index contributed by atoms with van der Waals surface area (Å²) in [6, 6.07) is 6.97. The molecule has 2 aromatic rings. The Hall–Kier alpha value is -1.90. The van der Waals surface area contributed by atoms with Crippen LogP contribution in [0.5, 0.6) is 0 Å². The van der Waals surface area contributed by atoms with Gasteiger partial charge in [0.2, 0.25) is 0 Å². The van der Waals surface area contributed by atoms with E-state index in [0.717, 1.165) is 35.1 Å². The zero-order valence-electron chi connectivity index (χ0n) is 15.2. The lowest BCUT2D eigenvalue weighted by atomic mass is 10.1. The van der Waals surface area contributed by atoms with E-state index in [9.17, 15) is 4.79 Å². The number of aromatic nitrogens is 2. The predicted octanol–water partition coefficient (Wildman–Crippen LogP) is 2.62. The van der Waals surface area contributed by atoms with Crippen molar-refractivity contribution in [3.63, 3.8) is 0 Å². The maximum Gasteiger partial charge on any atom is 0.404 e. The van der Waals surface area contributed by atoms with Gasteiger partial charge in [0, 0.05) is 21.2 Å². The fourth-order valence-corrected chi connectivity index (χ4v) is 3.40. The molecule has 7 nitrogen and oxygen atoms in total. The number of ether oxygens (including phenoxy) is 1. The van der Waals surface area contributed by atoms with Gasteiger partial charge < -0.3 is 25.5 Å². The number of rotatable bonds is 9. The van der Waals surface area contributed by atoms with E-state index in [1.807, 2.05) is 22.8 Å². The first-order chi connectivity index (χ1) is 11.8. The summed E-state index contributed by atoms with van der Waals surface area (Å²) in [7, 11) is -1.13. The maximum atomic E-state index is 10.7. The molecule has 1 amide bonds. The molecule has 0 atom stereocenters. The lowest BCUT2D eigenvalue weighted by Crippen LogP contribution is -2.23. The molecule has 0 fully saturated rings. The minimum Gasteiger partial charge on any atom is -0.465 e. The summed E-state index contributed by atoms with van der Waals surface area (Å²) in [5.41, 5.74) is 8.73. The van der Waals surface area contributed by atoms with Gasteiger partial charge >= 0.3 is 6.09 Å². The lowest BCUT2D eigenvalue weighted by Gasteiger charge is -2.16. The molecule has 0 saturated carbocycles. The van der Waals surface area contributed by atoms with Gasteiger partial charge in [-0.25, -0.2) is 9.78 Å². The molecule has 1 aromatic carbocycles. The standard InChI is InChI=1S/C17H28N4O3Si/c1-25(2,3)10-9-24-12-21-15(11-18)20-14-6-4-5-13(16(14)21)7-8-19-17(22)23/h4-6,19H,7-12,18H2,1-3H3,(H,22,23). The van der Waals surface area contributed by atoms with Crippen LogP contribution in [0.1, 0.15) is 11.4 Å². The first-order valence-electron chi connectivity index (χ1n) is 8.53. The smallest absolute Gasteiger partial charge is 0.404 e. The monoisotopic (exact) mass is 364 g/mol. The van der Waals surface area contributed by atoms with Gasteiger partial charge in [-0.1, -0.05) is 31.8 Å². The van der Waals surface area contributed by atoms with Gasteiger partial charge in [-0.3, -0.25) is 0 Å². The fourth-order valence-electron chi connectivity index (χ4n) is 2.64. The molecule has 0 aliphatic carbocycles. The molecule has 8 heteroatoms. The number of para-hydroxylation sites is 1. The van der Waals surface area contributed by atoms with Crippen molar-refractivity contribution in [3.05, 3.63) is 29.6 Å². The van der Waals surface area contributed by atoms with Crippen LogP contribution in [0.2, 0.25) is 25.7 Å². The summed E-state index contributed by atoms with van der Waals surface area (Å²) >= 11 is 0. The van der Waals surface area contributed by atoms with E-state index in [0.29, 0.717) is 26.2 Å². The van der Waals surface area contributed by atoms with E-state index in [1.54, 1.807) is 0 Å². The molecule has 138 valence electrons. The topological polar surface area (TPSA) is 102 Å².